The van der Waals surface area contributed by atoms with Gasteiger partial charge < -0.3 is 25.2 Å². The Morgan fingerprint density at radius 1 is 1.23 bits per heavy atom. The summed E-state index contributed by atoms with van der Waals surface area (Å²) in [5.74, 6) is -1.15. The number of nitrogens with zero attached hydrogens (tertiary/aromatic N) is 1. The molecule has 43 heavy (non-hydrogen) atoms. The maximum Gasteiger partial charge on any atom is 0.417 e. The lowest BCUT2D eigenvalue weighted by molar-refractivity contribution is -0.138. The molecule has 9 nitrogen and oxygen atoms in total. The molecule has 0 bridgehead atoms. The Morgan fingerprint density at radius 3 is 2.51 bits per heavy atom. The summed E-state index contributed by atoms with van der Waals surface area (Å²) in [6, 6.07) is 7.92. The monoisotopic (exact) mass is 604 g/mol. The highest BCUT2D eigenvalue weighted by Crippen LogP contribution is 2.41. The number of carbonyl (C=O) groups excluding carboxylic acids is 2. The van der Waals surface area contributed by atoms with Crippen LogP contribution in [0.5, 0.6) is 5.75 Å². The van der Waals surface area contributed by atoms with Gasteiger partial charge in [-0.2, -0.15) is 13.2 Å². The number of halogens is 3. The van der Waals surface area contributed by atoms with Gasteiger partial charge in [0.05, 0.1) is 29.6 Å². The highest BCUT2D eigenvalue weighted by atomic mass is 19.4. The number of amides is 2. The van der Waals surface area contributed by atoms with Gasteiger partial charge in [0.25, 0.3) is 5.91 Å². The Kier molecular flexibility index (Phi) is 9.13. The van der Waals surface area contributed by atoms with Crippen LogP contribution in [0.3, 0.4) is 0 Å². The molecule has 4 rings (SSSR count). The van der Waals surface area contributed by atoms with Crippen molar-refractivity contribution in [2.45, 2.75) is 88.9 Å². The van der Waals surface area contributed by atoms with Crippen LogP contribution in [-0.4, -0.2) is 58.7 Å². The quantitative estimate of drug-likeness (QED) is 0.316. The Bertz CT molecular complexity index is 1360. The van der Waals surface area contributed by atoms with Crippen LogP contribution in [0.4, 0.5) is 13.2 Å². The normalized spacial score (nSPS) is 21.8. The number of aliphatic hydroxyl groups excluding tert-OH is 1. The van der Waals surface area contributed by atoms with E-state index in [0.29, 0.717) is 24.2 Å². The zero-order valence-electron chi connectivity index (χ0n) is 25.0. The van der Waals surface area contributed by atoms with Gasteiger partial charge in [0.2, 0.25) is 5.91 Å². The molecule has 1 unspecified atom stereocenters. The highest BCUT2D eigenvalue weighted by molar-refractivity contribution is 6.00. The number of hydrogen-bond donors (Lipinski definition) is 4. The summed E-state index contributed by atoms with van der Waals surface area (Å²) in [6.45, 7) is 7.24. The van der Waals surface area contributed by atoms with Crippen LogP contribution >= 0.6 is 0 Å². The zero-order valence-corrected chi connectivity index (χ0v) is 25.0. The lowest BCUT2D eigenvalue weighted by Crippen LogP contribution is -2.62. The van der Waals surface area contributed by atoms with Gasteiger partial charge in [-0.25, -0.2) is 0 Å². The minimum absolute atomic E-state index is 0.108. The third-order valence-corrected chi connectivity index (χ3v) is 8.56. The van der Waals surface area contributed by atoms with Gasteiger partial charge in [0, 0.05) is 24.8 Å². The minimum Gasteiger partial charge on any atom is -0.485 e. The van der Waals surface area contributed by atoms with E-state index in [1.54, 1.807) is 38.1 Å². The van der Waals surface area contributed by atoms with Gasteiger partial charge in [-0.1, -0.05) is 38.1 Å². The first-order chi connectivity index (χ1) is 20.2. The molecule has 2 amide bonds. The van der Waals surface area contributed by atoms with E-state index < -0.39 is 52.5 Å². The second-order valence-electron chi connectivity index (χ2n) is 11.6. The second kappa shape index (κ2) is 12.2. The Morgan fingerprint density at radius 2 is 1.91 bits per heavy atom. The van der Waals surface area contributed by atoms with E-state index in [0.717, 1.165) is 12.1 Å². The minimum atomic E-state index is -4.87. The molecule has 4 N–H and O–H groups in total. The number of benzene rings is 2. The maximum atomic E-state index is 14.2. The molecule has 1 fully saturated rings. The average molecular weight is 605 g/mol. The molecule has 0 aromatic heterocycles. The summed E-state index contributed by atoms with van der Waals surface area (Å²) in [7, 11) is 1.46. The first-order valence-corrected chi connectivity index (χ1v) is 14.3. The molecular formula is C31H39F3N4O5. The molecule has 2 heterocycles. The molecule has 3 atom stereocenters. The van der Waals surface area contributed by atoms with Crippen LogP contribution in [0, 0.1) is 5.41 Å². The summed E-state index contributed by atoms with van der Waals surface area (Å²) in [5.41, 5.74) is -2.89. The Hall–Kier alpha value is -3.64. The third-order valence-electron chi connectivity index (χ3n) is 8.56. The predicted octanol–water partition coefficient (Wildman–Crippen LogP) is 5.10. The van der Waals surface area contributed by atoms with Crippen molar-refractivity contribution in [2.24, 2.45) is 0 Å². The SMILES string of the molecule is CCC1(CC)CC(=O)N(C(CCOC)c2ccc(C(F)(F)F)c(C(=O)N[C@@H]3c4ccccc4OC(C)(C)[C@H]3O)c2)C(=N)N1. The number of ether oxygens (including phenoxy) is 2. The summed E-state index contributed by atoms with van der Waals surface area (Å²) >= 11 is 0. The third kappa shape index (κ3) is 6.35. The first kappa shape index (κ1) is 32.3. The number of hydrogen-bond acceptors (Lipinski definition) is 6. The van der Waals surface area contributed by atoms with Gasteiger partial charge >= 0.3 is 6.18 Å². The number of nitrogens with one attached hydrogen (secondary N) is 3. The first-order valence-electron chi connectivity index (χ1n) is 14.3. The van der Waals surface area contributed by atoms with E-state index >= 15 is 0 Å². The van der Waals surface area contributed by atoms with Crippen molar-refractivity contribution in [3.05, 3.63) is 64.7 Å². The summed E-state index contributed by atoms with van der Waals surface area (Å²) in [4.78, 5) is 28.4. The van der Waals surface area contributed by atoms with Gasteiger partial charge in [0.1, 0.15) is 17.5 Å². The largest absolute Gasteiger partial charge is 0.485 e. The number of fused-ring (bicyclic) bond motifs is 1. The van der Waals surface area contributed by atoms with Crippen molar-refractivity contribution in [1.82, 2.24) is 15.5 Å². The van der Waals surface area contributed by atoms with E-state index in [4.69, 9.17) is 14.9 Å². The second-order valence-corrected chi connectivity index (χ2v) is 11.6. The fraction of sp³-hybridized carbons (Fsp3) is 0.516. The smallest absolute Gasteiger partial charge is 0.417 e. The molecule has 0 radical (unpaired) electrons. The van der Waals surface area contributed by atoms with Crippen LogP contribution in [0.1, 0.15) is 92.5 Å². The average Bonchev–Trinajstić information content (AvgIpc) is 2.95. The van der Waals surface area contributed by atoms with Crippen molar-refractivity contribution in [3.63, 3.8) is 0 Å². The topological polar surface area (TPSA) is 124 Å². The molecule has 0 aliphatic carbocycles. The number of rotatable bonds is 9. The maximum absolute atomic E-state index is 14.2. The van der Waals surface area contributed by atoms with Crippen molar-refractivity contribution < 1.29 is 37.3 Å². The van der Waals surface area contributed by atoms with E-state index in [1.165, 1.54) is 18.1 Å². The van der Waals surface area contributed by atoms with Crippen molar-refractivity contribution in [1.29, 1.82) is 5.41 Å². The molecule has 0 spiro atoms. The fourth-order valence-electron chi connectivity index (χ4n) is 5.86. The number of carbonyl (C=O) groups is 2. The lowest BCUT2D eigenvalue weighted by Gasteiger charge is -2.45. The van der Waals surface area contributed by atoms with E-state index in [2.05, 4.69) is 10.6 Å². The molecule has 0 saturated carbocycles. The highest BCUT2D eigenvalue weighted by Gasteiger charge is 2.45. The lowest BCUT2D eigenvalue weighted by atomic mass is 9.85. The predicted molar refractivity (Wildman–Crippen MR) is 154 cm³/mol. The van der Waals surface area contributed by atoms with Crippen LogP contribution in [-0.2, 0) is 15.7 Å². The Balaban J connectivity index is 1.76. The van der Waals surface area contributed by atoms with Gasteiger partial charge in [-0.3, -0.25) is 19.9 Å². The summed E-state index contributed by atoms with van der Waals surface area (Å²) in [6.07, 6.45) is -4.64. The van der Waals surface area contributed by atoms with Crippen molar-refractivity contribution in [3.8, 4) is 5.75 Å². The zero-order chi connectivity index (χ0) is 31.7. The molecule has 2 aliphatic rings. The van der Waals surface area contributed by atoms with Crippen LogP contribution in [0.25, 0.3) is 0 Å². The summed E-state index contributed by atoms with van der Waals surface area (Å²) in [5, 5.41) is 25.5. The van der Waals surface area contributed by atoms with E-state index in [1.807, 2.05) is 13.8 Å². The van der Waals surface area contributed by atoms with Gasteiger partial charge in [0.15, 0.2) is 5.96 Å². The number of para-hydroxylation sites is 1. The van der Waals surface area contributed by atoms with Crippen LogP contribution in [0.2, 0.25) is 0 Å². The molecular weight excluding hydrogens is 565 g/mol. The van der Waals surface area contributed by atoms with Crippen LogP contribution in [0.15, 0.2) is 42.5 Å². The summed E-state index contributed by atoms with van der Waals surface area (Å²) < 4.78 is 53.8. The fourth-order valence-corrected chi connectivity index (χ4v) is 5.86. The number of guanidine groups is 1. The standard InChI is InChI=1S/C31H39F3N4O5/c1-6-30(7-2)17-24(39)38(28(35)37-30)22(14-15-42-5)18-12-13-21(31(32,33)34)20(16-18)27(41)36-25-19-10-8-9-11-23(19)43-29(3,4)26(25)40/h8-13,16,22,25-26,40H,6-7,14-15,17H2,1-5H3,(H2,35,37)(H,36,41)/t22?,25-,26+/m1/s1. The van der Waals surface area contributed by atoms with Gasteiger partial charge in [-0.05, 0) is 56.9 Å². The van der Waals surface area contributed by atoms with Crippen molar-refractivity contribution in [2.75, 3.05) is 13.7 Å². The van der Waals surface area contributed by atoms with Crippen LogP contribution < -0.4 is 15.4 Å². The van der Waals surface area contributed by atoms with E-state index in [9.17, 15) is 27.9 Å². The molecule has 12 heteroatoms. The van der Waals surface area contributed by atoms with Gasteiger partial charge in [-0.15, -0.1) is 0 Å². The number of alkyl halides is 3. The molecule has 1 saturated heterocycles. The molecule has 2 aliphatic heterocycles. The van der Waals surface area contributed by atoms with Crippen molar-refractivity contribution >= 4 is 17.8 Å². The number of aliphatic hydroxyl groups is 1. The Labute approximate surface area is 249 Å². The molecule has 2 aromatic rings. The van der Waals surface area contributed by atoms with E-state index in [-0.39, 0.29) is 36.9 Å². The molecule has 2 aromatic carbocycles. The number of methoxy groups -OCH3 is 1. The molecule has 234 valence electrons.